The lowest BCUT2D eigenvalue weighted by molar-refractivity contribution is -0.167. The van der Waals surface area contributed by atoms with Gasteiger partial charge in [0.15, 0.2) is 11.9 Å². The minimum absolute atomic E-state index is 0.349. The Morgan fingerprint density at radius 2 is 0.974 bits per heavy atom. The summed E-state index contributed by atoms with van der Waals surface area (Å²) in [7, 11) is 0. The van der Waals surface area contributed by atoms with E-state index in [4.69, 9.17) is 23.7 Å². The highest BCUT2D eigenvalue weighted by Crippen LogP contribution is 2.29. The highest BCUT2D eigenvalue weighted by Gasteiger charge is 2.40. The van der Waals surface area contributed by atoms with Gasteiger partial charge in [-0.15, -0.1) is 0 Å². The lowest BCUT2D eigenvalue weighted by Crippen LogP contribution is -2.48. The molecule has 1 aliphatic heterocycles. The molecular formula is C34H34O5. The van der Waals surface area contributed by atoms with E-state index in [9.17, 15) is 0 Å². The van der Waals surface area contributed by atoms with Gasteiger partial charge in [-0.1, -0.05) is 121 Å². The Morgan fingerprint density at radius 3 is 1.51 bits per heavy atom. The third-order valence-corrected chi connectivity index (χ3v) is 6.50. The minimum Gasteiger partial charge on any atom is -0.489 e. The molecule has 200 valence electrons. The molecule has 0 saturated carbocycles. The van der Waals surface area contributed by atoms with Gasteiger partial charge in [0.1, 0.15) is 25.1 Å². The van der Waals surface area contributed by atoms with Crippen molar-refractivity contribution in [1.82, 2.24) is 0 Å². The van der Waals surface area contributed by atoms with E-state index in [0.29, 0.717) is 38.8 Å². The van der Waals surface area contributed by atoms with Gasteiger partial charge in [-0.05, 0) is 22.3 Å². The van der Waals surface area contributed by atoms with Crippen LogP contribution in [0.3, 0.4) is 0 Å². The number of hydrogen-bond acceptors (Lipinski definition) is 5. The smallest absolute Gasteiger partial charge is 0.162 e. The summed E-state index contributed by atoms with van der Waals surface area (Å²) in [5, 5.41) is 0. The first kappa shape index (κ1) is 26.7. The molecule has 4 aromatic rings. The number of hydrogen-bond donors (Lipinski definition) is 0. The molecule has 5 heteroatoms. The molecule has 0 aliphatic carbocycles. The fourth-order valence-electron chi connectivity index (χ4n) is 4.41. The van der Waals surface area contributed by atoms with Crippen molar-refractivity contribution in [3.05, 3.63) is 156 Å². The molecule has 0 N–H and O–H groups in total. The average Bonchev–Trinajstić information content (AvgIpc) is 3.00. The second-order valence-corrected chi connectivity index (χ2v) is 9.45. The van der Waals surface area contributed by atoms with Gasteiger partial charge in [0.25, 0.3) is 0 Å². The molecule has 0 aromatic heterocycles. The van der Waals surface area contributed by atoms with Crippen molar-refractivity contribution in [2.24, 2.45) is 0 Å². The summed E-state index contributed by atoms with van der Waals surface area (Å²) in [6, 6.07) is 40.4. The van der Waals surface area contributed by atoms with Gasteiger partial charge < -0.3 is 23.7 Å². The van der Waals surface area contributed by atoms with Crippen LogP contribution in [0.4, 0.5) is 0 Å². The summed E-state index contributed by atoms with van der Waals surface area (Å²) in [6.07, 6.45) is 0.372. The number of ether oxygens (including phenoxy) is 5. The summed E-state index contributed by atoms with van der Waals surface area (Å²) in [5.41, 5.74) is 4.32. The lowest BCUT2D eigenvalue weighted by Gasteiger charge is -2.37. The Morgan fingerprint density at radius 1 is 0.513 bits per heavy atom. The Labute approximate surface area is 230 Å². The van der Waals surface area contributed by atoms with Crippen molar-refractivity contribution in [3.8, 4) is 0 Å². The van der Waals surface area contributed by atoms with Crippen LogP contribution in [0.15, 0.2) is 133 Å². The normalized spacial score (nSPS) is 18.7. The van der Waals surface area contributed by atoms with E-state index in [0.717, 1.165) is 22.3 Å². The first-order valence-electron chi connectivity index (χ1n) is 13.3. The predicted octanol–water partition coefficient (Wildman–Crippen LogP) is 6.83. The van der Waals surface area contributed by atoms with Crippen LogP contribution in [0.5, 0.6) is 0 Å². The Bertz CT molecular complexity index is 1260. The van der Waals surface area contributed by atoms with Gasteiger partial charge in [0, 0.05) is 0 Å². The summed E-state index contributed by atoms with van der Waals surface area (Å²) in [4.78, 5) is 0. The van der Waals surface area contributed by atoms with Crippen LogP contribution in [0, 0.1) is 0 Å². The van der Waals surface area contributed by atoms with E-state index in [1.807, 2.05) is 121 Å². The van der Waals surface area contributed by atoms with Gasteiger partial charge in [0.05, 0.1) is 26.4 Å². The molecule has 0 amide bonds. The summed E-state index contributed by atoms with van der Waals surface area (Å²) in [5.74, 6) is 0.604. The lowest BCUT2D eigenvalue weighted by atomic mass is 10.0. The van der Waals surface area contributed by atoms with Crippen LogP contribution in [0.25, 0.3) is 0 Å². The molecule has 39 heavy (non-hydrogen) atoms. The highest BCUT2D eigenvalue weighted by molar-refractivity contribution is 5.18. The molecule has 1 aliphatic rings. The second kappa shape index (κ2) is 14.3. The predicted molar refractivity (Wildman–Crippen MR) is 150 cm³/mol. The van der Waals surface area contributed by atoms with E-state index < -0.39 is 12.2 Å². The summed E-state index contributed by atoms with van der Waals surface area (Å²) in [6.45, 7) is 2.08. The van der Waals surface area contributed by atoms with Crippen LogP contribution >= 0.6 is 0 Å². The first-order valence-corrected chi connectivity index (χ1v) is 13.3. The third-order valence-electron chi connectivity index (χ3n) is 6.50. The highest BCUT2D eigenvalue weighted by atomic mass is 16.6. The van der Waals surface area contributed by atoms with Crippen LogP contribution in [0.2, 0.25) is 0 Å². The monoisotopic (exact) mass is 522 g/mol. The molecule has 0 fully saturated rings. The van der Waals surface area contributed by atoms with Gasteiger partial charge >= 0.3 is 0 Å². The third kappa shape index (κ3) is 8.04. The Hall–Kier alpha value is -3.90. The molecule has 5 nitrogen and oxygen atoms in total. The van der Waals surface area contributed by atoms with Gasteiger partial charge in [-0.25, -0.2) is 0 Å². The SMILES string of the molecule is C1=C(OCc2ccccc2)[C@@H](OCc2ccccc2)[C@H](OCc2ccccc2)C(COCc2ccccc2)O1. The summed E-state index contributed by atoms with van der Waals surface area (Å²) >= 11 is 0. The number of benzene rings is 4. The van der Waals surface area contributed by atoms with Gasteiger partial charge in [0.2, 0.25) is 0 Å². The molecule has 3 atom stereocenters. The second-order valence-electron chi connectivity index (χ2n) is 9.45. The minimum atomic E-state index is -0.475. The summed E-state index contributed by atoms with van der Waals surface area (Å²) < 4.78 is 31.6. The van der Waals surface area contributed by atoms with Gasteiger partial charge in [-0.3, -0.25) is 0 Å². The Kier molecular flexibility index (Phi) is 9.79. The van der Waals surface area contributed by atoms with Crippen LogP contribution in [-0.2, 0) is 50.1 Å². The molecule has 0 bridgehead atoms. The molecule has 1 heterocycles. The van der Waals surface area contributed by atoms with Crippen molar-refractivity contribution < 1.29 is 23.7 Å². The van der Waals surface area contributed by atoms with Crippen molar-refractivity contribution >= 4 is 0 Å². The maximum atomic E-state index is 6.52. The molecule has 1 unspecified atom stereocenters. The Balaban J connectivity index is 1.34. The molecule has 0 saturated heterocycles. The maximum Gasteiger partial charge on any atom is 0.162 e. The van der Waals surface area contributed by atoms with E-state index in [1.165, 1.54) is 0 Å². The van der Waals surface area contributed by atoms with Crippen molar-refractivity contribution in [2.75, 3.05) is 6.61 Å². The fourth-order valence-corrected chi connectivity index (χ4v) is 4.41. The first-order chi connectivity index (χ1) is 19.3. The van der Waals surface area contributed by atoms with Crippen molar-refractivity contribution in [3.63, 3.8) is 0 Å². The van der Waals surface area contributed by atoms with E-state index >= 15 is 0 Å². The van der Waals surface area contributed by atoms with E-state index in [-0.39, 0.29) is 6.10 Å². The molecular weight excluding hydrogens is 488 g/mol. The fraction of sp³-hybridized carbons (Fsp3) is 0.235. The van der Waals surface area contributed by atoms with Crippen LogP contribution in [-0.4, -0.2) is 24.9 Å². The van der Waals surface area contributed by atoms with Crippen LogP contribution in [0.1, 0.15) is 22.3 Å². The number of rotatable bonds is 13. The average molecular weight is 523 g/mol. The zero-order chi connectivity index (χ0) is 26.5. The van der Waals surface area contributed by atoms with E-state index in [1.54, 1.807) is 6.26 Å². The topological polar surface area (TPSA) is 46.2 Å². The molecule has 5 rings (SSSR count). The van der Waals surface area contributed by atoms with Crippen LogP contribution < -0.4 is 0 Å². The van der Waals surface area contributed by atoms with Gasteiger partial charge in [-0.2, -0.15) is 0 Å². The zero-order valence-electron chi connectivity index (χ0n) is 21.9. The zero-order valence-corrected chi connectivity index (χ0v) is 21.9. The largest absolute Gasteiger partial charge is 0.489 e. The quantitative estimate of drug-likeness (QED) is 0.193. The molecule has 0 radical (unpaired) electrons. The van der Waals surface area contributed by atoms with E-state index in [2.05, 4.69) is 0 Å². The molecule has 4 aromatic carbocycles. The maximum absolute atomic E-state index is 6.52. The standard InChI is InChI=1S/C34H34O5/c1-5-13-27(14-6-1)21-35-25-31-33(38-23-29-17-9-3-10-18-29)34(39-24-30-19-11-4-12-20-30)32(26-37-31)36-22-28-15-7-2-8-16-28/h1-20,26,31,33-34H,21-25H2/t31?,33-,34-/m1/s1. The van der Waals surface area contributed by atoms with Crippen molar-refractivity contribution in [2.45, 2.75) is 44.7 Å². The van der Waals surface area contributed by atoms with Crippen molar-refractivity contribution in [1.29, 1.82) is 0 Å². The molecule has 0 spiro atoms.